The van der Waals surface area contributed by atoms with Crippen molar-refractivity contribution in [3.63, 3.8) is 0 Å². The fraction of sp³-hybridized carbons (Fsp3) is 0.600. The summed E-state index contributed by atoms with van der Waals surface area (Å²) < 4.78 is 0. The van der Waals surface area contributed by atoms with Crippen molar-refractivity contribution < 1.29 is 24.9 Å². The Hall–Kier alpha value is -1.72. The molecular weight excluding hydrogens is 320 g/mol. The van der Waals surface area contributed by atoms with Crippen molar-refractivity contribution in [1.82, 2.24) is 0 Å². The van der Waals surface area contributed by atoms with Crippen molar-refractivity contribution in [2.75, 3.05) is 0 Å². The van der Waals surface area contributed by atoms with Gasteiger partial charge in [-0.2, -0.15) is 0 Å². The van der Waals surface area contributed by atoms with E-state index in [9.17, 15) is 24.9 Å². The molecule has 0 aliphatic heterocycles. The van der Waals surface area contributed by atoms with Crippen LogP contribution in [0.4, 0.5) is 0 Å². The molecule has 0 fully saturated rings. The quantitative estimate of drug-likeness (QED) is 0.484. The number of Topliss-reactive ketones (excluding diaryl/α,β-unsaturated/α-hetero) is 2. The summed E-state index contributed by atoms with van der Waals surface area (Å²) in [5.74, 6) is -3.40. The van der Waals surface area contributed by atoms with Gasteiger partial charge in [-0.15, -0.1) is 0 Å². The first-order chi connectivity index (χ1) is 11.4. The number of aliphatic hydroxyl groups excluding tert-OH is 2. The maximum absolute atomic E-state index is 12.8. The van der Waals surface area contributed by atoms with Crippen molar-refractivity contribution in [3.05, 3.63) is 34.6 Å². The number of carbonyl (C=O) groups is 2. The molecule has 5 nitrogen and oxygen atoms in total. The van der Waals surface area contributed by atoms with Crippen LogP contribution >= 0.6 is 0 Å². The molecule has 0 bridgehead atoms. The molecule has 0 saturated heterocycles. The lowest BCUT2D eigenvalue weighted by molar-refractivity contribution is -0.134. The number of aliphatic hydroxyl groups is 3. The van der Waals surface area contributed by atoms with Crippen molar-refractivity contribution in [3.8, 4) is 0 Å². The van der Waals surface area contributed by atoms with Crippen LogP contribution in [0.3, 0.4) is 0 Å². The minimum atomic E-state index is -2.16. The third kappa shape index (κ3) is 4.28. The Morgan fingerprint density at radius 3 is 2.12 bits per heavy atom. The zero-order valence-corrected chi connectivity index (χ0v) is 16.0. The molecule has 0 spiro atoms. The van der Waals surface area contributed by atoms with Gasteiger partial charge in [0.1, 0.15) is 11.3 Å². The molecule has 3 atom stereocenters. The molecule has 0 aromatic rings. The largest absolute Gasteiger partial charge is 0.508 e. The van der Waals surface area contributed by atoms with Gasteiger partial charge in [0.2, 0.25) is 0 Å². The number of hydrogen-bond donors (Lipinski definition) is 3. The zero-order valence-electron chi connectivity index (χ0n) is 16.0. The first-order valence-electron chi connectivity index (χ1n) is 8.63. The second-order valence-electron chi connectivity index (χ2n) is 7.53. The Kier molecular flexibility index (Phi) is 6.91. The van der Waals surface area contributed by atoms with Crippen LogP contribution in [-0.2, 0) is 9.59 Å². The maximum atomic E-state index is 12.8. The Morgan fingerprint density at radius 2 is 1.68 bits per heavy atom. The molecule has 1 aliphatic carbocycles. The molecule has 0 heterocycles. The Bertz CT molecular complexity index is 630. The van der Waals surface area contributed by atoms with E-state index in [2.05, 4.69) is 0 Å². The van der Waals surface area contributed by atoms with E-state index < -0.39 is 40.9 Å². The second-order valence-corrected chi connectivity index (χ2v) is 7.53. The van der Waals surface area contributed by atoms with Crippen LogP contribution in [0.5, 0.6) is 0 Å². The van der Waals surface area contributed by atoms with E-state index in [1.165, 1.54) is 0 Å². The van der Waals surface area contributed by atoms with Gasteiger partial charge in [0.15, 0.2) is 17.2 Å². The highest BCUT2D eigenvalue weighted by molar-refractivity contribution is 6.24. The van der Waals surface area contributed by atoms with E-state index in [0.717, 1.165) is 11.1 Å². The van der Waals surface area contributed by atoms with Crippen LogP contribution in [0.15, 0.2) is 34.6 Å². The third-order valence-electron chi connectivity index (χ3n) is 4.50. The second kappa shape index (κ2) is 8.11. The number of hydrogen-bond acceptors (Lipinski definition) is 5. The molecule has 0 amide bonds. The topological polar surface area (TPSA) is 94.8 Å². The fourth-order valence-corrected chi connectivity index (χ4v) is 2.94. The van der Waals surface area contributed by atoms with Crippen LogP contribution in [0.2, 0.25) is 0 Å². The molecule has 1 rings (SSSR count). The smallest absolute Gasteiger partial charge is 0.176 e. The van der Waals surface area contributed by atoms with E-state index in [1.807, 2.05) is 27.7 Å². The summed E-state index contributed by atoms with van der Waals surface area (Å²) >= 11 is 0. The highest BCUT2D eigenvalue weighted by Gasteiger charge is 2.58. The van der Waals surface area contributed by atoms with Gasteiger partial charge in [0.05, 0.1) is 12.0 Å². The molecule has 5 heteroatoms. The summed E-state index contributed by atoms with van der Waals surface area (Å²) in [6, 6.07) is 0. The van der Waals surface area contributed by atoms with E-state index in [1.54, 1.807) is 26.0 Å². The van der Waals surface area contributed by atoms with Gasteiger partial charge < -0.3 is 15.3 Å². The van der Waals surface area contributed by atoms with Gasteiger partial charge in [0.25, 0.3) is 0 Å². The third-order valence-corrected chi connectivity index (χ3v) is 4.50. The molecule has 0 saturated carbocycles. The lowest BCUT2D eigenvalue weighted by atomic mass is 9.80. The number of ketones is 2. The van der Waals surface area contributed by atoms with Crippen molar-refractivity contribution in [2.45, 2.75) is 66.1 Å². The molecule has 1 aliphatic rings. The first kappa shape index (κ1) is 21.3. The van der Waals surface area contributed by atoms with Gasteiger partial charge in [-0.3, -0.25) is 9.59 Å². The molecule has 0 aromatic heterocycles. The van der Waals surface area contributed by atoms with Crippen LogP contribution in [0.1, 0.15) is 54.4 Å². The van der Waals surface area contributed by atoms with Crippen LogP contribution in [0, 0.1) is 11.8 Å². The zero-order chi connectivity index (χ0) is 19.5. The van der Waals surface area contributed by atoms with E-state index >= 15 is 0 Å². The van der Waals surface area contributed by atoms with Crippen LogP contribution in [0.25, 0.3) is 0 Å². The van der Waals surface area contributed by atoms with Gasteiger partial charge >= 0.3 is 0 Å². The van der Waals surface area contributed by atoms with E-state index in [0.29, 0.717) is 0 Å². The highest BCUT2D eigenvalue weighted by atomic mass is 16.4. The fourth-order valence-electron chi connectivity index (χ4n) is 2.94. The molecule has 25 heavy (non-hydrogen) atoms. The van der Waals surface area contributed by atoms with Gasteiger partial charge in [-0.1, -0.05) is 37.1 Å². The maximum Gasteiger partial charge on any atom is 0.176 e. The summed E-state index contributed by atoms with van der Waals surface area (Å²) in [4.78, 5) is 25.1. The minimum Gasteiger partial charge on any atom is -0.508 e. The average Bonchev–Trinajstić information content (AvgIpc) is 2.69. The first-order valence-corrected chi connectivity index (χ1v) is 8.63. The number of carbonyl (C=O) groups excluding carboxylic acids is 2. The van der Waals surface area contributed by atoms with Crippen molar-refractivity contribution in [2.24, 2.45) is 11.8 Å². The summed E-state index contributed by atoms with van der Waals surface area (Å²) in [6.45, 7) is 10.6. The molecule has 0 radical (unpaired) electrons. The van der Waals surface area contributed by atoms with E-state index in [4.69, 9.17) is 0 Å². The average molecular weight is 350 g/mol. The molecule has 3 N–H and O–H groups in total. The lowest BCUT2D eigenvalue weighted by Gasteiger charge is -2.33. The van der Waals surface area contributed by atoms with Gasteiger partial charge in [-0.25, -0.2) is 0 Å². The number of rotatable bonds is 7. The monoisotopic (exact) mass is 350 g/mol. The standard InChI is InChI=1S/C20H30O5/c1-11(2)7-9-14-18(23)16(17(22)13(5)6)19(24)20(14,25)15(21)10-8-12(3)4/h7-8,13-15,21,24-25H,9-10H2,1-6H3/t14-,15-,20-/m0/s1. The summed E-state index contributed by atoms with van der Waals surface area (Å²) in [5, 5.41) is 32.2. The molecular formula is C20H30O5. The normalized spacial score (nSPS) is 24.5. The Labute approximate surface area is 149 Å². The summed E-state index contributed by atoms with van der Waals surface area (Å²) in [5.41, 5.74) is -0.651. The predicted molar refractivity (Wildman–Crippen MR) is 97.0 cm³/mol. The molecule has 0 aromatic carbocycles. The molecule has 0 unspecified atom stereocenters. The van der Waals surface area contributed by atoms with Gasteiger partial charge in [0, 0.05) is 5.92 Å². The SMILES string of the molecule is CC(C)=CC[C@H](O)[C@]1(O)C(O)=C(C(=O)C(C)C)C(=O)[C@@H]1CC=C(C)C. The van der Waals surface area contributed by atoms with Gasteiger partial charge in [-0.05, 0) is 40.5 Å². The summed E-state index contributed by atoms with van der Waals surface area (Å²) in [7, 11) is 0. The lowest BCUT2D eigenvalue weighted by Crippen LogP contribution is -2.49. The van der Waals surface area contributed by atoms with Crippen LogP contribution < -0.4 is 0 Å². The van der Waals surface area contributed by atoms with Crippen molar-refractivity contribution >= 4 is 11.6 Å². The van der Waals surface area contributed by atoms with E-state index in [-0.39, 0.29) is 18.4 Å². The van der Waals surface area contributed by atoms with Crippen molar-refractivity contribution in [1.29, 1.82) is 0 Å². The van der Waals surface area contributed by atoms with Crippen LogP contribution in [-0.4, -0.2) is 38.6 Å². The Morgan fingerprint density at radius 1 is 1.16 bits per heavy atom. The number of allylic oxidation sites excluding steroid dienone is 4. The predicted octanol–water partition coefficient (Wildman–Crippen LogP) is 3.03. The molecule has 140 valence electrons. The highest BCUT2D eigenvalue weighted by Crippen LogP contribution is 2.43. The minimum absolute atomic E-state index is 0.0741. The summed E-state index contributed by atoms with van der Waals surface area (Å²) in [6.07, 6.45) is 2.31. The Balaban J connectivity index is 3.42.